The van der Waals surface area contributed by atoms with Crippen LogP contribution >= 0.6 is 0 Å². The summed E-state index contributed by atoms with van der Waals surface area (Å²) >= 11 is 0. The lowest BCUT2D eigenvalue weighted by Gasteiger charge is -2.07. The van der Waals surface area contributed by atoms with Crippen LogP contribution in [0, 0.1) is 0 Å². The molecule has 3 aromatic rings. The van der Waals surface area contributed by atoms with Gasteiger partial charge in [0.15, 0.2) is 0 Å². The minimum atomic E-state index is -0.368. The Morgan fingerprint density at radius 1 is 1.08 bits per heavy atom. The van der Waals surface area contributed by atoms with Crippen molar-refractivity contribution in [1.82, 2.24) is 30.0 Å². The van der Waals surface area contributed by atoms with Gasteiger partial charge in [0, 0.05) is 5.56 Å². The van der Waals surface area contributed by atoms with E-state index in [1.807, 2.05) is 30.3 Å². The molecule has 0 spiro atoms. The van der Waals surface area contributed by atoms with Gasteiger partial charge in [0.25, 0.3) is 0 Å². The summed E-state index contributed by atoms with van der Waals surface area (Å²) in [5.74, 6) is 0. The SMILES string of the molecule is CCCCCCc1c(-c2ccccc2)nnn1C(=O)n1ccnn1. The average molecular weight is 324 g/mol. The normalized spacial score (nSPS) is 10.9. The second-order valence-corrected chi connectivity index (χ2v) is 5.60. The zero-order chi connectivity index (χ0) is 16.8. The lowest BCUT2D eigenvalue weighted by Crippen LogP contribution is -2.23. The number of rotatable bonds is 6. The van der Waals surface area contributed by atoms with Gasteiger partial charge in [-0.05, 0) is 12.8 Å². The van der Waals surface area contributed by atoms with E-state index in [-0.39, 0.29) is 6.03 Å². The van der Waals surface area contributed by atoms with Gasteiger partial charge in [0.2, 0.25) is 0 Å². The molecule has 0 unspecified atom stereocenters. The van der Waals surface area contributed by atoms with Gasteiger partial charge < -0.3 is 0 Å². The molecule has 0 aliphatic heterocycles. The van der Waals surface area contributed by atoms with Crippen LogP contribution in [0.5, 0.6) is 0 Å². The Balaban J connectivity index is 1.93. The molecule has 24 heavy (non-hydrogen) atoms. The summed E-state index contributed by atoms with van der Waals surface area (Å²) in [6.07, 6.45) is 8.18. The summed E-state index contributed by atoms with van der Waals surface area (Å²) in [7, 11) is 0. The van der Waals surface area contributed by atoms with Crippen LogP contribution < -0.4 is 0 Å². The molecule has 3 rings (SSSR count). The summed E-state index contributed by atoms with van der Waals surface area (Å²) in [5.41, 5.74) is 2.53. The zero-order valence-corrected chi connectivity index (χ0v) is 13.7. The van der Waals surface area contributed by atoms with Gasteiger partial charge in [-0.15, -0.1) is 10.2 Å². The summed E-state index contributed by atoms with van der Waals surface area (Å²) in [6.45, 7) is 2.18. The third kappa shape index (κ3) is 3.40. The molecule has 0 fully saturated rings. The maximum atomic E-state index is 12.6. The fraction of sp³-hybridized carbons (Fsp3) is 0.353. The second kappa shape index (κ2) is 7.63. The largest absolute Gasteiger partial charge is 0.372 e. The third-order valence-electron chi connectivity index (χ3n) is 3.88. The first-order valence-electron chi connectivity index (χ1n) is 8.22. The molecule has 0 N–H and O–H groups in total. The molecule has 124 valence electrons. The van der Waals surface area contributed by atoms with Gasteiger partial charge in [0.1, 0.15) is 5.69 Å². The number of unbranched alkanes of at least 4 members (excludes halogenated alkanes) is 3. The lowest BCUT2D eigenvalue weighted by atomic mass is 10.1. The zero-order valence-electron chi connectivity index (χ0n) is 13.7. The highest BCUT2D eigenvalue weighted by Gasteiger charge is 2.20. The molecule has 7 heteroatoms. The minimum Gasteiger partial charge on any atom is -0.243 e. The highest BCUT2D eigenvalue weighted by molar-refractivity contribution is 5.79. The van der Waals surface area contributed by atoms with Crippen LogP contribution in [-0.2, 0) is 6.42 Å². The molecular formula is C17H20N6O. The molecule has 0 saturated carbocycles. The first kappa shape index (κ1) is 16.0. The van der Waals surface area contributed by atoms with Gasteiger partial charge in [-0.3, -0.25) is 0 Å². The Morgan fingerprint density at radius 2 is 1.92 bits per heavy atom. The van der Waals surface area contributed by atoms with Crippen LogP contribution in [-0.4, -0.2) is 36.0 Å². The highest BCUT2D eigenvalue weighted by atomic mass is 16.2. The molecule has 2 heterocycles. The van der Waals surface area contributed by atoms with Crippen molar-refractivity contribution in [3.63, 3.8) is 0 Å². The van der Waals surface area contributed by atoms with Crippen molar-refractivity contribution in [3.8, 4) is 11.3 Å². The van der Waals surface area contributed by atoms with E-state index in [2.05, 4.69) is 27.5 Å². The lowest BCUT2D eigenvalue weighted by molar-refractivity contribution is 0.236. The molecule has 0 aliphatic rings. The Bertz CT molecular complexity index is 779. The van der Waals surface area contributed by atoms with Crippen molar-refractivity contribution in [2.45, 2.75) is 39.0 Å². The maximum absolute atomic E-state index is 12.6. The minimum absolute atomic E-state index is 0.368. The number of carbonyl (C=O) groups is 1. The summed E-state index contributed by atoms with van der Waals surface area (Å²) in [5, 5.41) is 15.8. The maximum Gasteiger partial charge on any atom is 0.372 e. The molecule has 0 saturated heterocycles. The number of hydrogen-bond donors (Lipinski definition) is 0. The molecule has 0 bridgehead atoms. The summed E-state index contributed by atoms with van der Waals surface area (Å²) in [4.78, 5) is 12.6. The van der Waals surface area contributed by atoms with Crippen molar-refractivity contribution in [2.24, 2.45) is 0 Å². The molecule has 0 atom stereocenters. The molecule has 2 aromatic heterocycles. The van der Waals surface area contributed by atoms with Crippen LogP contribution in [0.4, 0.5) is 4.79 Å². The van der Waals surface area contributed by atoms with Crippen molar-refractivity contribution in [1.29, 1.82) is 0 Å². The number of aromatic nitrogens is 6. The predicted octanol–water partition coefficient (Wildman–Crippen LogP) is 3.18. The van der Waals surface area contributed by atoms with Gasteiger partial charge in [0.05, 0.1) is 18.1 Å². The van der Waals surface area contributed by atoms with Crippen LogP contribution in [0.3, 0.4) is 0 Å². The van der Waals surface area contributed by atoms with Gasteiger partial charge in [-0.25, -0.2) is 4.79 Å². The fourth-order valence-corrected chi connectivity index (χ4v) is 2.63. The Hall–Kier alpha value is -2.83. The van der Waals surface area contributed by atoms with Gasteiger partial charge >= 0.3 is 6.03 Å². The van der Waals surface area contributed by atoms with Crippen LogP contribution in [0.25, 0.3) is 11.3 Å². The highest BCUT2D eigenvalue weighted by Crippen LogP contribution is 2.23. The Morgan fingerprint density at radius 3 is 2.62 bits per heavy atom. The molecular weight excluding hydrogens is 304 g/mol. The first-order chi connectivity index (χ1) is 11.8. The quantitative estimate of drug-likeness (QED) is 0.651. The van der Waals surface area contributed by atoms with Crippen LogP contribution in [0.2, 0.25) is 0 Å². The standard InChI is InChI=1S/C17H20N6O/c1-2-3-4-8-11-15-16(14-9-6-5-7-10-14)19-21-23(15)17(24)22-13-12-18-20-22/h5-7,9-10,12-13H,2-4,8,11H2,1H3. The van der Waals surface area contributed by atoms with E-state index in [1.54, 1.807) is 0 Å². The van der Waals surface area contributed by atoms with E-state index in [0.29, 0.717) is 0 Å². The number of nitrogens with zero attached hydrogens (tertiary/aromatic N) is 6. The third-order valence-corrected chi connectivity index (χ3v) is 3.88. The van der Waals surface area contributed by atoms with E-state index >= 15 is 0 Å². The van der Waals surface area contributed by atoms with E-state index in [4.69, 9.17) is 0 Å². The predicted molar refractivity (Wildman–Crippen MR) is 89.5 cm³/mol. The molecule has 0 radical (unpaired) electrons. The van der Waals surface area contributed by atoms with Crippen molar-refractivity contribution in [2.75, 3.05) is 0 Å². The van der Waals surface area contributed by atoms with Gasteiger partial charge in [-0.1, -0.05) is 66.9 Å². The van der Waals surface area contributed by atoms with Crippen molar-refractivity contribution < 1.29 is 4.79 Å². The van der Waals surface area contributed by atoms with Crippen molar-refractivity contribution >= 4 is 6.03 Å². The topological polar surface area (TPSA) is 78.5 Å². The first-order valence-corrected chi connectivity index (χ1v) is 8.22. The second-order valence-electron chi connectivity index (χ2n) is 5.60. The number of benzene rings is 1. The van der Waals surface area contributed by atoms with E-state index in [9.17, 15) is 4.79 Å². The fourth-order valence-electron chi connectivity index (χ4n) is 2.63. The molecule has 7 nitrogen and oxygen atoms in total. The molecule has 1 aromatic carbocycles. The molecule has 0 aliphatic carbocycles. The van der Waals surface area contributed by atoms with Crippen LogP contribution in [0.1, 0.15) is 38.3 Å². The molecule has 0 amide bonds. The van der Waals surface area contributed by atoms with Crippen molar-refractivity contribution in [3.05, 3.63) is 48.4 Å². The summed E-state index contributed by atoms with van der Waals surface area (Å²) < 4.78 is 2.50. The van der Waals surface area contributed by atoms with E-state index in [0.717, 1.165) is 36.2 Å². The Kier molecular flexibility index (Phi) is 5.10. The van der Waals surface area contributed by atoms with E-state index in [1.165, 1.54) is 34.6 Å². The van der Waals surface area contributed by atoms with Gasteiger partial charge in [-0.2, -0.15) is 9.36 Å². The van der Waals surface area contributed by atoms with Crippen LogP contribution in [0.15, 0.2) is 42.7 Å². The Labute approximate surface area is 140 Å². The number of hydrogen-bond acceptors (Lipinski definition) is 5. The average Bonchev–Trinajstić information content (AvgIpc) is 3.29. The summed E-state index contributed by atoms with van der Waals surface area (Å²) in [6, 6.07) is 9.44. The van der Waals surface area contributed by atoms with E-state index < -0.39 is 0 Å². The smallest absolute Gasteiger partial charge is 0.243 e. The monoisotopic (exact) mass is 324 g/mol. The number of carbonyl (C=O) groups excluding carboxylic acids is 1.